The molecule has 0 amide bonds. The van der Waals surface area contributed by atoms with Crippen molar-refractivity contribution in [3.05, 3.63) is 71.8 Å². The van der Waals surface area contributed by atoms with Gasteiger partial charge in [0.05, 0.1) is 0 Å². The zero-order valence-electron chi connectivity index (χ0n) is 20.2. The molecule has 0 aliphatic rings. The predicted molar refractivity (Wildman–Crippen MR) is 144 cm³/mol. The minimum absolute atomic E-state index is 0.446. The van der Waals surface area contributed by atoms with Crippen LogP contribution in [0, 0.1) is 21.6 Å². The van der Waals surface area contributed by atoms with Crippen LogP contribution in [0.3, 0.4) is 0 Å². The van der Waals surface area contributed by atoms with Crippen LogP contribution in [0.4, 0.5) is 0 Å². The average molecular weight is 497 g/mol. The normalized spacial score (nSPS) is 9.42. The number of hydrogen-bond acceptors (Lipinski definition) is 0. The monoisotopic (exact) mass is 496 g/mol. The van der Waals surface area contributed by atoms with Crippen molar-refractivity contribution in [1.82, 2.24) is 0 Å². The Balaban J connectivity index is 0.000000536. The third kappa shape index (κ3) is 17.2. The van der Waals surface area contributed by atoms with Crippen molar-refractivity contribution >= 4 is 15.8 Å². The summed E-state index contributed by atoms with van der Waals surface area (Å²) in [5.41, 5.74) is 2.04. The Labute approximate surface area is 201 Å². The Morgan fingerprint density at radius 1 is 0.516 bits per heavy atom. The molecule has 0 heterocycles. The van der Waals surface area contributed by atoms with Gasteiger partial charge in [0.15, 0.2) is 0 Å². The molecule has 31 heavy (non-hydrogen) atoms. The van der Waals surface area contributed by atoms with E-state index in [9.17, 15) is 0 Å². The van der Waals surface area contributed by atoms with Crippen LogP contribution in [0.25, 0.3) is 0 Å². The molecule has 0 radical (unpaired) electrons. The first kappa shape index (κ1) is 29.9. The third-order valence-electron chi connectivity index (χ3n) is 4.68. The van der Waals surface area contributed by atoms with E-state index in [1.54, 1.807) is 0 Å². The van der Waals surface area contributed by atoms with Gasteiger partial charge in [-0.15, -0.1) is 15.8 Å². The summed E-state index contributed by atoms with van der Waals surface area (Å²) < 4.78 is 0. The molecule has 0 bridgehead atoms. The summed E-state index contributed by atoms with van der Waals surface area (Å²) >= 11 is 1.14. The summed E-state index contributed by atoms with van der Waals surface area (Å²) in [6.07, 6.45) is 8.51. The van der Waals surface area contributed by atoms with Crippen molar-refractivity contribution in [2.75, 3.05) is 37.0 Å². The topological polar surface area (TPSA) is 0 Å². The van der Waals surface area contributed by atoms with Crippen LogP contribution < -0.4 is 0 Å². The van der Waals surface area contributed by atoms with Crippen molar-refractivity contribution in [1.29, 1.82) is 0 Å². The Kier molecular flexibility index (Phi) is 21.3. The Hall–Kier alpha value is -1.09. The van der Waals surface area contributed by atoms with Gasteiger partial charge in [-0.3, -0.25) is 0 Å². The van der Waals surface area contributed by atoms with Crippen molar-refractivity contribution in [3.63, 3.8) is 0 Å². The van der Waals surface area contributed by atoms with Gasteiger partial charge in [-0.05, 0) is 37.0 Å². The maximum atomic E-state index is 3.05. The second-order valence-corrected chi connectivity index (χ2v) is 13.7. The molecule has 0 unspecified atom stereocenters. The van der Waals surface area contributed by atoms with E-state index in [2.05, 4.69) is 63.2 Å². The van der Waals surface area contributed by atoms with Crippen LogP contribution in [0.5, 0.6) is 0 Å². The van der Waals surface area contributed by atoms with E-state index in [-0.39, 0.29) is 0 Å². The summed E-state index contributed by atoms with van der Waals surface area (Å²) in [4.78, 5) is 5.97. The molecule has 2 rings (SSSR count). The fourth-order valence-corrected chi connectivity index (χ4v) is 5.69. The Morgan fingerprint density at radius 2 is 0.806 bits per heavy atom. The molecule has 0 spiro atoms. The molecule has 0 aliphatic carbocycles. The first-order chi connectivity index (χ1) is 15.1. The third-order valence-corrected chi connectivity index (χ3v) is 10.5. The van der Waals surface area contributed by atoms with Crippen LogP contribution in [-0.2, 0) is 14.4 Å². The molecule has 0 atom stereocenters. The van der Waals surface area contributed by atoms with E-state index in [0.717, 1.165) is 25.6 Å². The second-order valence-electron chi connectivity index (χ2n) is 6.46. The van der Waals surface area contributed by atoms with Gasteiger partial charge in [-0.1, -0.05) is 41.5 Å². The van der Waals surface area contributed by atoms with Crippen molar-refractivity contribution in [3.8, 4) is 21.6 Å². The molecule has 0 saturated heterocycles. The maximum absolute atomic E-state index is 3.05. The van der Waals surface area contributed by atoms with Crippen LogP contribution >= 0.6 is 15.8 Å². The van der Waals surface area contributed by atoms with Gasteiger partial charge in [0.25, 0.3) is 0 Å². The van der Waals surface area contributed by atoms with Crippen LogP contribution in [0.2, 0.25) is 0 Å². The van der Waals surface area contributed by atoms with Gasteiger partial charge in [0.2, 0.25) is 0 Å². The van der Waals surface area contributed by atoms with Crippen LogP contribution in [0.1, 0.15) is 52.7 Å². The van der Waals surface area contributed by atoms with Gasteiger partial charge in [-0.2, -0.15) is 0 Å². The molecule has 2 aromatic carbocycles. The summed E-state index contributed by atoms with van der Waals surface area (Å²) in [7, 11) is 0.892. The number of hydrogen-bond donors (Lipinski definition) is 0. The Bertz CT molecular complexity index is 680. The van der Waals surface area contributed by atoms with Gasteiger partial charge in [0.1, 0.15) is 0 Å². The molecular formula is C28H40NiP2. The molecule has 0 aromatic heterocycles. The summed E-state index contributed by atoms with van der Waals surface area (Å²) in [6, 6.07) is 19.8. The molecule has 172 valence electrons. The second kappa shape index (κ2) is 22.1. The average Bonchev–Trinajstić information content (AvgIpc) is 2.83. The van der Waals surface area contributed by atoms with E-state index in [0.29, 0.717) is 15.8 Å². The zero-order chi connectivity index (χ0) is 23.2. The van der Waals surface area contributed by atoms with Gasteiger partial charge in [0, 0.05) is 0 Å². The fraction of sp³-hybridized carbons (Fsp3) is 0.429. The van der Waals surface area contributed by atoms with E-state index in [1.165, 1.54) is 37.0 Å². The standard InChI is InChI=1S/2C8H5.2C6H15P.Ni/c2*1-2-8-6-4-3-5-7-8;2*1-4-7(5-2)6-3;/h2*3-7H;2*4-6H2,1-3H3;. The molecule has 0 nitrogen and oxygen atoms in total. The van der Waals surface area contributed by atoms with E-state index in [4.69, 9.17) is 0 Å². The molecule has 0 fully saturated rings. The van der Waals surface area contributed by atoms with E-state index in [1.807, 2.05) is 60.7 Å². The van der Waals surface area contributed by atoms with Crippen LogP contribution in [0.15, 0.2) is 60.7 Å². The van der Waals surface area contributed by atoms with Crippen molar-refractivity contribution in [2.45, 2.75) is 41.5 Å². The SMILES string of the molecule is CCP(CC)CC.CCP(CC)CC.[C](#Cc1ccccc1)[Ni][C]#Cc1ccccc1. The zero-order valence-corrected chi connectivity index (χ0v) is 23.0. The molecule has 0 N–H and O–H groups in total. The minimum atomic E-state index is 0.446. The summed E-state index contributed by atoms with van der Waals surface area (Å²) in [5.74, 6) is 6.10. The van der Waals surface area contributed by atoms with Gasteiger partial charge >= 0.3 is 108 Å². The quantitative estimate of drug-likeness (QED) is 0.215. The van der Waals surface area contributed by atoms with E-state index < -0.39 is 0 Å². The fourth-order valence-electron chi connectivity index (χ4n) is 2.54. The first-order valence-electron chi connectivity index (χ1n) is 11.3. The molecular weight excluding hydrogens is 457 g/mol. The molecule has 0 saturated carbocycles. The Morgan fingerprint density at radius 3 is 1.03 bits per heavy atom. The first-order valence-corrected chi connectivity index (χ1v) is 16.1. The summed E-state index contributed by atoms with van der Waals surface area (Å²) in [6.45, 7) is 13.7. The van der Waals surface area contributed by atoms with Crippen molar-refractivity contribution in [2.24, 2.45) is 0 Å². The van der Waals surface area contributed by atoms with Gasteiger partial charge < -0.3 is 0 Å². The van der Waals surface area contributed by atoms with Crippen LogP contribution in [-0.4, -0.2) is 37.0 Å². The molecule has 2 aromatic rings. The number of benzene rings is 2. The van der Waals surface area contributed by atoms with Crippen molar-refractivity contribution < 1.29 is 14.4 Å². The number of rotatable bonds is 6. The molecule has 3 heteroatoms. The molecule has 0 aliphatic heterocycles. The van der Waals surface area contributed by atoms with Gasteiger partial charge in [-0.25, -0.2) is 0 Å². The summed E-state index contributed by atoms with van der Waals surface area (Å²) in [5, 5.41) is 0. The predicted octanol–water partition coefficient (Wildman–Crippen LogP) is 8.14. The van der Waals surface area contributed by atoms with E-state index >= 15 is 0 Å².